The smallest absolute Gasteiger partial charge is 0.262 e. The first kappa shape index (κ1) is 20.6. The quantitative estimate of drug-likeness (QED) is 0.755. The zero-order valence-electron chi connectivity index (χ0n) is 13.9. The van der Waals surface area contributed by atoms with Crippen molar-refractivity contribution in [3.8, 4) is 0 Å². The Bertz CT molecular complexity index is 668. The summed E-state index contributed by atoms with van der Waals surface area (Å²) in [5.41, 5.74) is 0. The topological polar surface area (TPSA) is 87.7 Å². The number of morpholine rings is 1. The Morgan fingerprint density at radius 1 is 1.40 bits per heavy atom. The van der Waals surface area contributed by atoms with Crippen molar-refractivity contribution in [2.24, 2.45) is 5.92 Å². The van der Waals surface area contributed by atoms with Crippen LogP contribution in [0.25, 0.3) is 0 Å². The van der Waals surface area contributed by atoms with Gasteiger partial charge in [-0.15, -0.1) is 23.7 Å². The van der Waals surface area contributed by atoms with Gasteiger partial charge in [0.25, 0.3) is 5.91 Å². The number of sulfonamides is 1. The van der Waals surface area contributed by atoms with E-state index in [1.807, 2.05) is 0 Å². The lowest BCUT2D eigenvalue weighted by Crippen LogP contribution is -2.41. The summed E-state index contributed by atoms with van der Waals surface area (Å²) in [6.07, 6.45) is 2.19. The number of ether oxygens (including phenoxy) is 1. The second kappa shape index (κ2) is 9.29. The summed E-state index contributed by atoms with van der Waals surface area (Å²) in [7, 11) is -3.65. The molecule has 2 fully saturated rings. The van der Waals surface area contributed by atoms with Gasteiger partial charge in [0.15, 0.2) is 0 Å². The molecule has 25 heavy (non-hydrogen) atoms. The van der Waals surface area contributed by atoms with E-state index in [-0.39, 0.29) is 28.1 Å². The molecule has 1 unspecified atom stereocenters. The maximum atomic E-state index is 12.8. The molecule has 3 rings (SSSR count). The molecule has 0 radical (unpaired) electrons. The van der Waals surface area contributed by atoms with Gasteiger partial charge in [0.1, 0.15) is 9.77 Å². The third-order valence-electron chi connectivity index (χ3n) is 4.37. The molecule has 0 aliphatic carbocycles. The molecule has 1 aromatic heterocycles. The van der Waals surface area contributed by atoms with Gasteiger partial charge in [-0.1, -0.05) is 0 Å². The number of carbonyl (C=O) groups is 1. The number of piperidine rings is 1. The Labute approximate surface area is 158 Å². The van der Waals surface area contributed by atoms with Crippen molar-refractivity contribution in [2.45, 2.75) is 17.7 Å². The molecule has 2 N–H and O–H groups in total. The maximum Gasteiger partial charge on any atom is 0.262 e. The monoisotopic (exact) mass is 409 g/mol. The van der Waals surface area contributed by atoms with E-state index in [4.69, 9.17) is 4.74 Å². The molecule has 2 saturated heterocycles. The Morgan fingerprint density at radius 2 is 2.16 bits per heavy atom. The highest BCUT2D eigenvalue weighted by molar-refractivity contribution is 7.89. The number of nitrogens with one attached hydrogen (secondary N) is 2. The van der Waals surface area contributed by atoms with Gasteiger partial charge < -0.3 is 15.4 Å². The summed E-state index contributed by atoms with van der Waals surface area (Å²) >= 11 is 1.17. The van der Waals surface area contributed by atoms with Crippen molar-refractivity contribution in [1.82, 2.24) is 14.9 Å². The van der Waals surface area contributed by atoms with Crippen molar-refractivity contribution < 1.29 is 17.9 Å². The summed E-state index contributed by atoms with van der Waals surface area (Å²) < 4.78 is 32.1. The van der Waals surface area contributed by atoms with Gasteiger partial charge >= 0.3 is 0 Å². The minimum atomic E-state index is -3.65. The molecular weight excluding hydrogens is 386 g/mol. The highest BCUT2D eigenvalue weighted by Gasteiger charge is 2.31. The van der Waals surface area contributed by atoms with Gasteiger partial charge in [-0.05, 0) is 43.3 Å². The summed E-state index contributed by atoms with van der Waals surface area (Å²) in [6.45, 7) is 3.92. The predicted octanol–water partition coefficient (Wildman–Crippen LogP) is 0.920. The van der Waals surface area contributed by atoms with Crippen LogP contribution in [0.15, 0.2) is 16.3 Å². The van der Waals surface area contributed by atoms with Gasteiger partial charge in [0, 0.05) is 19.6 Å². The van der Waals surface area contributed by atoms with Crippen LogP contribution in [-0.2, 0) is 14.8 Å². The third kappa shape index (κ3) is 4.93. The lowest BCUT2D eigenvalue weighted by Gasteiger charge is -2.26. The molecule has 1 atom stereocenters. The molecule has 10 heteroatoms. The first-order chi connectivity index (χ1) is 11.6. The van der Waals surface area contributed by atoms with Gasteiger partial charge in [-0.25, -0.2) is 8.42 Å². The number of nitrogens with zero attached hydrogens (tertiary/aromatic N) is 1. The molecule has 2 aliphatic rings. The van der Waals surface area contributed by atoms with Crippen molar-refractivity contribution in [3.63, 3.8) is 0 Å². The van der Waals surface area contributed by atoms with E-state index < -0.39 is 10.0 Å². The highest BCUT2D eigenvalue weighted by Crippen LogP contribution is 2.26. The van der Waals surface area contributed by atoms with Crippen LogP contribution in [0.2, 0.25) is 0 Å². The van der Waals surface area contributed by atoms with Gasteiger partial charge in [0.05, 0.1) is 13.2 Å². The van der Waals surface area contributed by atoms with Crippen LogP contribution in [0.3, 0.4) is 0 Å². The van der Waals surface area contributed by atoms with Crippen molar-refractivity contribution in [2.75, 3.05) is 45.9 Å². The van der Waals surface area contributed by atoms with E-state index in [2.05, 4.69) is 10.6 Å². The Kier molecular flexibility index (Phi) is 7.66. The molecule has 7 nitrogen and oxygen atoms in total. The molecule has 3 heterocycles. The Balaban J connectivity index is 0.00000225. The van der Waals surface area contributed by atoms with E-state index in [0.717, 1.165) is 25.9 Å². The number of amides is 1. The molecule has 0 saturated carbocycles. The van der Waals surface area contributed by atoms with Crippen molar-refractivity contribution >= 4 is 39.7 Å². The largest absolute Gasteiger partial charge is 0.379 e. The van der Waals surface area contributed by atoms with E-state index >= 15 is 0 Å². The summed E-state index contributed by atoms with van der Waals surface area (Å²) in [4.78, 5) is 12.8. The Hall–Kier alpha value is -0.710. The van der Waals surface area contributed by atoms with Crippen LogP contribution in [0, 0.1) is 5.92 Å². The summed E-state index contributed by atoms with van der Waals surface area (Å²) in [6, 6.07) is 1.52. The van der Waals surface area contributed by atoms with Crippen LogP contribution in [-0.4, -0.2) is 64.6 Å². The van der Waals surface area contributed by atoms with Crippen LogP contribution < -0.4 is 10.6 Å². The lowest BCUT2D eigenvalue weighted by molar-refractivity contribution is 0.0730. The van der Waals surface area contributed by atoms with Crippen LogP contribution in [0.1, 0.15) is 22.5 Å². The molecule has 2 aliphatic heterocycles. The molecule has 0 spiro atoms. The maximum absolute atomic E-state index is 12.8. The SMILES string of the molecule is Cl.O=C(NCC1CCCNC1)c1sccc1S(=O)(=O)N1CCOCC1. The third-order valence-corrected chi connectivity index (χ3v) is 7.36. The Morgan fingerprint density at radius 3 is 2.84 bits per heavy atom. The average Bonchev–Trinajstić information content (AvgIpc) is 3.12. The molecule has 0 bridgehead atoms. The number of halogens is 1. The molecule has 142 valence electrons. The predicted molar refractivity (Wildman–Crippen MR) is 99.1 cm³/mol. The number of thiophene rings is 1. The second-order valence-electron chi connectivity index (χ2n) is 6.05. The first-order valence-corrected chi connectivity index (χ1v) is 10.6. The number of carbonyl (C=O) groups excluding carboxylic acids is 1. The summed E-state index contributed by atoms with van der Waals surface area (Å²) in [5.74, 6) is 0.101. The number of hydrogen-bond acceptors (Lipinski definition) is 6. The molecule has 0 aromatic carbocycles. The zero-order valence-corrected chi connectivity index (χ0v) is 16.4. The zero-order chi connectivity index (χ0) is 17.0. The standard InChI is InChI=1S/C15H23N3O4S2.ClH/c19-15(17-11-12-2-1-4-16-10-12)14-13(3-9-23-14)24(20,21)18-5-7-22-8-6-18;/h3,9,12,16H,1-2,4-8,10-11H2,(H,17,19);1H. The number of rotatable bonds is 5. The fraction of sp³-hybridized carbons (Fsp3) is 0.667. The van der Waals surface area contributed by atoms with Gasteiger partial charge in [-0.3, -0.25) is 4.79 Å². The van der Waals surface area contributed by atoms with E-state index in [9.17, 15) is 13.2 Å². The summed E-state index contributed by atoms with van der Waals surface area (Å²) in [5, 5.41) is 7.86. The van der Waals surface area contributed by atoms with E-state index in [0.29, 0.717) is 38.8 Å². The lowest BCUT2D eigenvalue weighted by atomic mass is 10.00. The second-order valence-corrected chi connectivity index (χ2v) is 8.88. The molecular formula is C15H24ClN3O4S2. The van der Waals surface area contributed by atoms with Crippen molar-refractivity contribution in [3.05, 3.63) is 16.3 Å². The normalized spacial score (nSPS) is 22.2. The highest BCUT2D eigenvalue weighted by atomic mass is 35.5. The minimum Gasteiger partial charge on any atom is -0.379 e. The fourth-order valence-electron chi connectivity index (χ4n) is 3.01. The van der Waals surface area contributed by atoms with Gasteiger partial charge in [-0.2, -0.15) is 4.31 Å². The first-order valence-electron chi connectivity index (χ1n) is 8.23. The van der Waals surface area contributed by atoms with Crippen LogP contribution in [0.4, 0.5) is 0 Å². The van der Waals surface area contributed by atoms with Crippen molar-refractivity contribution in [1.29, 1.82) is 0 Å². The number of hydrogen-bond donors (Lipinski definition) is 2. The van der Waals surface area contributed by atoms with E-state index in [1.165, 1.54) is 21.7 Å². The minimum absolute atomic E-state index is 0. The van der Waals surface area contributed by atoms with E-state index in [1.54, 1.807) is 5.38 Å². The van der Waals surface area contributed by atoms with Gasteiger partial charge in [0.2, 0.25) is 10.0 Å². The average molecular weight is 410 g/mol. The fourth-order valence-corrected chi connectivity index (χ4v) is 5.73. The van der Waals surface area contributed by atoms with Crippen LogP contribution in [0.5, 0.6) is 0 Å². The molecule has 1 amide bonds. The van der Waals surface area contributed by atoms with Crippen LogP contribution >= 0.6 is 23.7 Å². The molecule has 1 aromatic rings.